The van der Waals surface area contributed by atoms with Crippen LogP contribution in [0.1, 0.15) is 22.3 Å². The lowest BCUT2D eigenvalue weighted by molar-refractivity contribution is 1.29. The summed E-state index contributed by atoms with van der Waals surface area (Å²) >= 11 is 0. The summed E-state index contributed by atoms with van der Waals surface area (Å²) in [6.07, 6.45) is 0. The summed E-state index contributed by atoms with van der Waals surface area (Å²) in [6, 6.07) is 52.4. The van der Waals surface area contributed by atoms with Crippen molar-refractivity contribution >= 4 is 33.0 Å². The molecule has 2 aliphatic carbocycles. The molecule has 42 heavy (non-hydrogen) atoms. The van der Waals surface area contributed by atoms with Crippen molar-refractivity contribution in [1.82, 2.24) is 9.97 Å². The van der Waals surface area contributed by atoms with Crippen LogP contribution in [0.3, 0.4) is 0 Å². The average Bonchev–Trinajstić information content (AvgIpc) is 3.55. The van der Waals surface area contributed by atoms with Gasteiger partial charge in [0.2, 0.25) is 0 Å². The van der Waals surface area contributed by atoms with E-state index in [9.17, 15) is 0 Å². The Balaban J connectivity index is 1.55. The number of hydrogen-bond donors (Lipinski definition) is 2. The number of aromatic amines is 2. The van der Waals surface area contributed by atoms with E-state index in [0.29, 0.717) is 0 Å². The van der Waals surface area contributed by atoms with Gasteiger partial charge in [-0.15, -0.1) is 0 Å². The Morgan fingerprint density at radius 2 is 0.524 bits per heavy atom. The second-order valence-electron chi connectivity index (χ2n) is 11.0. The Labute approximate surface area is 243 Å². The van der Waals surface area contributed by atoms with Gasteiger partial charge in [-0.25, -0.2) is 0 Å². The number of rotatable bonds is 0. The molecule has 6 aromatic carbocycles. The van der Waals surface area contributed by atoms with Crippen LogP contribution in [0.25, 0.3) is 55.2 Å². The zero-order valence-electron chi connectivity index (χ0n) is 22.9. The fraction of sp³-hybridized carbons (Fsp3) is 0. The van der Waals surface area contributed by atoms with Crippen LogP contribution in [0.15, 0.2) is 146 Å². The average molecular weight is 535 g/mol. The molecule has 0 atom stereocenters. The van der Waals surface area contributed by atoms with Gasteiger partial charge in [0.25, 0.3) is 0 Å². The highest BCUT2D eigenvalue weighted by molar-refractivity contribution is 6.04. The zero-order valence-corrected chi connectivity index (χ0v) is 22.9. The lowest BCUT2D eigenvalue weighted by Crippen LogP contribution is -2.18. The van der Waals surface area contributed by atoms with Crippen molar-refractivity contribution in [2.24, 2.45) is 0 Å². The maximum absolute atomic E-state index is 3.99. The van der Waals surface area contributed by atoms with Crippen LogP contribution >= 0.6 is 0 Å². The molecule has 9 rings (SSSR count). The van der Waals surface area contributed by atoms with E-state index in [4.69, 9.17) is 0 Å². The van der Waals surface area contributed by atoms with Gasteiger partial charge in [0.1, 0.15) is 0 Å². The Morgan fingerprint density at radius 1 is 0.262 bits per heavy atom. The SMILES string of the molecule is c1ccc2c(c1)C(=c1[nH]c3ccccc3c(=C3c4ccccc4-c4ccccc43)[nH]c3ccccc13)c1ccccc1-2. The molecular weight excluding hydrogens is 508 g/mol. The molecule has 2 nitrogen and oxygen atoms in total. The summed E-state index contributed by atoms with van der Waals surface area (Å²) < 4.78 is 0. The molecule has 0 spiro atoms. The molecule has 2 heteroatoms. The predicted molar refractivity (Wildman–Crippen MR) is 174 cm³/mol. The first-order valence-corrected chi connectivity index (χ1v) is 14.5. The molecule has 2 N–H and O–H groups in total. The van der Waals surface area contributed by atoms with E-state index in [-0.39, 0.29) is 0 Å². The van der Waals surface area contributed by atoms with Crippen molar-refractivity contribution in [3.8, 4) is 22.3 Å². The van der Waals surface area contributed by atoms with E-state index < -0.39 is 0 Å². The third kappa shape index (κ3) is 3.27. The molecule has 0 radical (unpaired) electrons. The highest BCUT2D eigenvalue weighted by Gasteiger charge is 2.25. The van der Waals surface area contributed by atoms with Gasteiger partial charge in [0, 0.05) is 33.0 Å². The Bertz CT molecular complexity index is 2150. The van der Waals surface area contributed by atoms with E-state index in [2.05, 4.69) is 156 Å². The lowest BCUT2D eigenvalue weighted by atomic mass is 10.0. The number of para-hydroxylation sites is 2. The third-order valence-electron chi connectivity index (χ3n) is 8.78. The van der Waals surface area contributed by atoms with Crippen LogP contribution in [0.2, 0.25) is 0 Å². The van der Waals surface area contributed by atoms with E-state index >= 15 is 0 Å². The van der Waals surface area contributed by atoms with Crippen molar-refractivity contribution < 1.29 is 0 Å². The molecule has 1 heterocycles. The summed E-state index contributed by atoms with van der Waals surface area (Å²) in [5.74, 6) is 0. The lowest BCUT2D eigenvalue weighted by Gasteiger charge is -2.10. The van der Waals surface area contributed by atoms with E-state index in [1.807, 2.05) is 0 Å². The normalized spacial score (nSPS) is 12.7. The van der Waals surface area contributed by atoms with Gasteiger partial charge in [-0.2, -0.15) is 0 Å². The fourth-order valence-electron chi connectivity index (χ4n) is 6.99. The number of hydrogen-bond acceptors (Lipinski definition) is 0. The number of benzene rings is 6. The summed E-state index contributed by atoms with van der Waals surface area (Å²) in [7, 11) is 0. The fourth-order valence-corrected chi connectivity index (χ4v) is 6.99. The van der Waals surface area contributed by atoms with Gasteiger partial charge in [0.15, 0.2) is 0 Å². The van der Waals surface area contributed by atoms with Crippen LogP contribution in [0.4, 0.5) is 0 Å². The minimum atomic E-state index is 1.08. The molecule has 1 aromatic heterocycles. The molecule has 196 valence electrons. The standard InChI is InChI=1S/C40H26N2/c1-5-17-29-25(13-1)26-14-2-6-18-30(26)37(29)39-33-21-9-11-23-35(33)42-40(34-22-10-12-24-36(34)41-39)38-31-19-7-3-15-27(31)28-16-4-8-20-32(28)38/h1-24,41-42H. The maximum Gasteiger partial charge on any atom is 0.0565 e. The van der Waals surface area contributed by atoms with E-state index in [1.54, 1.807) is 0 Å². The predicted octanol–water partition coefficient (Wildman–Crippen LogP) is 8.23. The van der Waals surface area contributed by atoms with Crippen molar-refractivity contribution in [3.63, 3.8) is 0 Å². The van der Waals surface area contributed by atoms with Crippen LogP contribution in [0, 0.1) is 0 Å². The van der Waals surface area contributed by atoms with Crippen LogP contribution in [-0.4, -0.2) is 9.97 Å². The second kappa shape index (κ2) is 8.95. The molecule has 0 saturated carbocycles. The van der Waals surface area contributed by atoms with Gasteiger partial charge in [0.05, 0.1) is 10.7 Å². The largest absolute Gasteiger partial charge is 0.354 e. The van der Waals surface area contributed by atoms with Crippen molar-refractivity contribution in [2.75, 3.05) is 0 Å². The first kappa shape index (κ1) is 23.1. The minimum absolute atomic E-state index is 1.08. The molecule has 0 aliphatic heterocycles. The Morgan fingerprint density at radius 3 is 0.857 bits per heavy atom. The van der Waals surface area contributed by atoms with Crippen molar-refractivity contribution in [2.45, 2.75) is 0 Å². The van der Waals surface area contributed by atoms with E-state index in [1.165, 1.54) is 55.7 Å². The quantitative estimate of drug-likeness (QED) is 0.196. The van der Waals surface area contributed by atoms with Crippen molar-refractivity contribution in [1.29, 1.82) is 0 Å². The van der Waals surface area contributed by atoms with Crippen LogP contribution in [0.5, 0.6) is 0 Å². The Hall–Kier alpha value is -5.60. The molecule has 0 unspecified atom stereocenters. The van der Waals surface area contributed by atoms with Gasteiger partial charge in [-0.1, -0.05) is 133 Å². The molecule has 0 saturated heterocycles. The van der Waals surface area contributed by atoms with Gasteiger partial charge >= 0.3 is 0 Å². The summed E-state index contributed by atoms with van der Waals surface area (Å²) in [4.78, 5) is 7.97. The highest BCUT2D eigenvalue weighted by atomic mass is 14.7. The first-order valence-electron chi connectivity index (χ1n) is 14.5. The monoisotopic (exact) mass is 534 g/mol. The summed E-state index contributed by atoms with van der Waals surface area (Å²) in [6.45, 7) is 0. The first-order chi connectivity index (χ1) is 20.9. The zero-order chi connectivity index (χ0) is 27.6. The van der Waals surface area contributed by atoms with Gasteiger partial charge in [-0.05, 0) is 56.6 Å². The highest BCUT2D eigenvalue weighted by Crippen LogP contribution is 2.44. The number of nitrogens with one attached hydrogen (secondary N) is 2. The minimum Gasteiger partial charge on any atom is -0.354 e. The third-order valence-corrected chi connectivity index (χ3v) is 8.78. The molecule has 0 bridgehead atoms. The topological polar surface area (TPSA) is 31.6 Å². The maximum atomic E-state index is 3.99. The summed E-state index contributed by atoms with van der Waals surface area (Å²) in [5.41, 5.74) is 14.8. The van der Waals surface area contributed by atoms with Crippen LogP contribution < -0.4 is 10.7 Å². The number of H-pyrrole nitrogens is 2. The van der Waals surface area contributed by atoms with Gasteiger partial charge < -0.3 is 9.97 Å². The number of aromatic nitrogens is 2. The number of fused-ring (bicyclic) bond motifs is 8. The molecule has 7 aromatic rings. The molecular formula is C40H26N2. The van der Waals surface area contributed by atoms with Gasteiger partial charge in [-0.3, -0.25) is 0 Å². The molecule has 0 amide bonds. The van der Waals surface area contributed by atoms with Crippen molar-refractivity contribution in [3.05, 3.63) is 179 Å². The van der Waals surface area contributed by atoms with E-state index in [0.717, 1.165) is 32.5 Å². The Kier molecular flexibility index (Phi) is 4.93. The molecule has 2 aliphatic rings. The summed E-state index contributed by atoms with van der Waals surface area (Å²) in [5, 5.41) is 4.51. The van der Waals surface area contributed by atoms with Crippen LogP contribution in [-0.2, 0) is 0 Å². The molecule has 0 fully saturated rings. The smallest absolute Gasteiger partial charge is 0.0565 e. The second-order valence-corrected chi connectivity index (χ2v) is 11.0.